The molecule has 150 valence electrons. The van der Waals surface area contributed by atoms with E-state index in [1.165, 1.54) is 12.1 Å². The Morgan fingerprint density at radius 1 is 1.14 bits per heavy atom. The molecule has 3 aromatic rings. The van der Waals surface area contributed by atoms with E-state index >= 15 is 0 Å². The first kappa shape index (κ1) is 19.5. The van der Waals surface area contributed by atoms with E-state index in [1.807, 2.05) is 37.3 Å². The molecule has 0 N–H and O–H groups in total. The summed E-state index contributed by atoms with van der Waals surface area (Å²) in [5, 5.41) is 4.21. The number of hydrogen-bond donors (Lipinski definition) is 0. The van der Waals surface area contributed by atoms with Crippen LogP contribution < -0.4 is 0 Å². The summed E-state index contributed by atoms with van der Waals surface area (Å²) in [5.74, 6) is 0.462. The first-order chi connectivity index (χ1) is 14.0. The van der Waals surface area contributed by atoms with Crippen LogP contribution in [0.5, 0.6) is 0 Å². The van der Waals surface area contributed by atoms with Gasteiger partial charge in [0.1, 0.15) is 5.82 Å². The lowest BCUT2D eigenvalue weighted by Crippen LogP contribution is -2.49. The largest absolute Gasteiger partial charge is 0.337 e. The van der Waals surface area contributed by atoms with Crippen LogP contribution >= 0.6 is 11.6 Å². The highest BCUT2D eigenvalue weighted by Crippen LogP contribution is 2.25. The van der Waals surface area contributed by atoms with Gasteiger partial charge in [0.2, 0.25) is 11.7 Å². The zero-order valence-corrected chi connectivity index (χ0v) is 16.6. The SMILES string of the molecule is C[C@H](c1nc(-c2ccccc2)no1)N1CCN(C(=O)c2ccc(F)cc2Cl)CC1. The summed E-state index contributed by atoms with van der Waals surface area (Å²) in [7, 11) is 0. The summed E-state index contributed by atoms with van der Waals surface area (Å²) in [5.41, 5.74) is 1.22. The second-order valence-electron chi connectivity index (χ2n) is 6.95. The summed E-state index contributed by atoms with van der Waals surface area (Å²) < 4.78 is 18.7. The zero-order valence-electron chi connectivity index (χ0n) is 15.9. The molecule has 1 aliphatic rings. The molecule has 1 fully saturated rings. The fourth-order valence-corrected chi connectivity index (χ4v) is 3.66. The van der Waals surface area contributed by atoms with Gasteiger partial charge in [-0.1, -0.05) is 47.1 Å². The number of benzene rings is 2. The minimum Gasteiger partial charge on any atom is -0.337 e. The van der Waals surface area contributed by atoms with Crippen LogP contribution in [0.2, 0.25) is 5.02 Å². The standard InChI is InChI=1S/C21H20ClFN4O2/c1-14(20-24-19(25-29-20)15-5-3-2-4-6-15)26-9-11-27(12-10-26)21(28)17-8-7-16(23)13-18(17)22/h2-8,13-14H,9-12H2,1H3/t14-/m1/s1. The molecule has 0 aliphatic carbocycles. The molecule has 8 heteroatoms. The van der Waals surface area contributed by atoms with Gasteiger partial charge in [-0.25, -0.2) is 4.39 Å². The Morgan fingerprint density at radius 3 is 2.55 bits per heavy atom. The maximum atomic E-state index is 13.2. The Hall–Kier alpha value is -2.77. The zero-order chi connectivity index (χ0) is 20.4. The molecule has 0 unspecified atom stereocenters. The Morgan fingerprint density at radius 2 is 1.86 bits per heavy atom. The van der Waals surface area contributed by atoms with Crippen molar-refractivity contribution in [2.75, 3.05) is 26.2 Å². The van der Waals surface area contributed by atoms with Gasteiger partial charge in [-0.2, -0.15) is 4.98 Å². The van der Waals surface area contributed by atoms with Crippen molar-refractivity contribution in [3.63, 3.8) is 0 Å². The smallest absolute Gasteiger partial charge is 0.255 e. The summed E-state index contributed by atoms with van der Waals surface area (Å²) in [6, 6.07) is 13.4. The van der Waals surface area contributed by atoms with Gasteiger partial charge >= 0.3 is 0 Å². The fraction of sp³-hybridized carbons (Fsp3) is 0.286. The van der Waals surface area contributed by atoms with Gasteiger partial charge in [0.15, 0.2) is 0 Å². The van der Waals surface area contributed by atoms with Gasteiger partial charge in [-0.15, -0.1) is 0 Å². The molecule has 1 amide bonds. The first-order valence-corrected chi connectivity index (χ1v) is 9.78. The Balaban J connectivity index is 1.39. The van der Waals surface area contributed by atoms with Crippen LogP contribution in [0.1, 0.15) is 29.2 Å². The van der Waals surface area contributed by atoms with Crippen LogP contribution in [0.3, 0.4) is 0 Å². The van der Waals surface area contributed by atoms with E-state index in [2.05, 4.69) is 15.0 Å². The molecular formula is C21H20ClFN4O2. The third-order valence-electron chi connectivity index (χ3n) is 5.14. The van der Waals surface area contributed by atoms with E-state index in [9.17, 15) is 9.18 Å². The summed E-state index contributed by atoms with van der Waals surface area (Å²) >= 11 is 6.03. The minimum atomic E-state index is -0.459. The van der Waals surface area contributed by atoms with Gasteiger partial charge in [0.25, 0.3) is 5.91 Å². The molecule has 0 spiro atoms. The molecule has 1 saturated heterocycles. The van der Waals surface area contributed by atoms with Gasteiger partial charge in [-0.3, -0.25) is 9.69 Å². The first-order valence-electron chi connectivity index (χ1n) is 9.40. The van der Waals surface area contributed by atoms with E-state index in [1.54, 1.807) is 4.90 Å². The van der Waals surface area contributed by atoms with Crippen molar-refractivity contribution < 1.29 is 13.7 Å². The molecule has 1 atom stereocenters. The van der Waals surface area contributed by atoms with E-state index in [0.29, 0.717) is 43.5 Å². The van der Waals surface area contributed by atoms with E-state index < -0.39 is 5.82 Å². The molecule has 1 aliphatic heterocycles. The lowest BCUT2D eigenvalue weighted by Gasteiger charge is -2.36. The molecule has 0 saturated carbocycles. The highest BCUT2D eigenvalue weighted by Gasteiger charge is 2.28. The van der Waals surface area contributed by atoms with Crippen LogP contribution in [0.4, 0.5) is 4.39 Å². The molecule has 2 heterocycles. The quantitative estimate of drug-likeness (QED) is 0.644. The van der Waals surface area contributed by atoms with Crippen molar-refractivity contribution in [3.8, 4) is 11.4 Å². The van der Waals surface area contributed by atoms with Crippen LogP contribution in [0.15, 0.2) is 53.1 Å². The van der Waals surface area contributed by atoms with E-state index in [-0.39, 0.29) is 17.0 Å². The number of aromatic nitrogens is 2. The van der Waals surface area contributed by atoms with Crippen LogP contribution in [-0.2, 0) is 0 Å². The second-order valence-corrected chi connectivity index (χ2v) is 7.36. The minimum absolute atomic E-state index is 0.0633. The number of rotatable bonds is 4. The monoisotopic (exact) mass is 414 g/mol. The van der Waals surface area contributed by atoms with Gasteiger partial charge in [0, 0.05) is 31.7 Å². The van der Waals surface area contributed by atoms with Crippen molar-refractivity contribution in [1.29, 1.82) is 0 Å². The number of hydrogen-bond acceptors (Lipinski definition) is 5. The molecule has 0 radical (unpaired) electrons. The van der Waals surface area contributed by atoms with Crippen molar-refractivity contribution in [2.45, 2.75) is 13.0 Å². The average Bonchev–Trinajstić information content (AvgIpc) is 3.24. The van der Waals surface area contributed by atoms with Crippen LogP contribution in [0, 0.1) is 5.82 Å². The summed E-state index contributed by atoms with van der Waals surface area (Å²) in [6.07, 6.45) is 0. The van der Waals surface area contributed by atoms with Crippen molar-refractivity contribution in [1.82, 2.24) is 19.9 Å². The number of carbonyl (C=O) groups is 1. The lowest BCUT2D eigenvalue weighted by atomic mass is 10.1. The topological polar surface area (TPSA) is 62.5 Å². The molecule has 6 nitrogen and oxygen atoms in total. The highest BCUT2D eigenvalue weighted by molar-refractivity contribution is 6.33. The summed E-state index contributed by atoms with van der Waals surface area (Å²) in [4.78, 5) is 21.1. The normalized spacial score (nSPS) is 16.0. The van der Waals surface area contributed by atoms with Gasteiger partial charge < -0.3 is 9.42 Å². The maximum absolute atomic E-state index is 13.2. The Labute approximate surface area is 172 Å². The number of amides is 1. The average molecular weight is 415 g/mol. The van der Waals surface area contributed by atoms with Crippen molar-refractivity contribution >= 4 is 17.5 Å². The predicted molar refractivity (Wildman–Crippen MR) is 107 cm³/mol. The number of halogens is 2. The Bertz CT molecular complexity index is 1000. The number of nitrogens with zero attached hydrogens (tertiary/aromatic N) is 4. The van der Waals surface area contributed by atoms with Gasteiger partial charge in [-0.05, 0) is 25.1 Å². The van der Waals surface area contributed by atoms with Crippen LogP contribution in [0.25, 0.3) is 11.4 Å². The molecule has 4 rings (SSSR count). The third kappa shape index (κ3) is 4.16. The highest BCUT2D eigenvalue weighted by atomic mass is 35.5. The van der Waals surface area contributed by atoms with E-state index in [0.717, 1.165) is 11.6 Å². The second kappa shape index (κ2) is 8.31. The summed E-state index contributed by atoms with van der Waals surface area (Å²) in [6.45, 7) is 4.41. The fourth-order valence-electron chi connectivity index (χ4n) is 3.41. The Kier molecular flexibility index (Phi) is 5.60. The van der Waals surface area contributed by atoms with Crippen LogP contribution in [-0.4, -0.2) is 52.0 Å². The molecule has 1 aromatic heterocycles. The number of carbonyl (C=O) groups excluding carboxylic acids is 1. The molecular weight excluding hydrogens is 395 g/mol. The molecule has 29 heavy (non-hydrogen) atoms. The van der Waals surface area contributed by atoms with Gasteiger partial charge in [0.05, 0.1) is 16.6 Å². The predicted octanol–water partition coefficient (Wildman–Crippen LogP) is 4.05. The van der Waals surface area contributed by atoms with Crippen molar-refractivity contribution in [2.24, 2.45) is 0 Å². The molecule has 0 bridgehead atoms. The van der Waals surface area contributed by atoms with Crippen molar-refractivity contribution in [3.05, 3.63) is 70.8 Å². The number of piperazine rings is 1. The third-order valence-corrected chi connectivity index (χ3v) is 5.45. The lowest BCUT2D eigenvalue weighted by molar-refractivity contribution is 0.0552. The maximum Gasteiger partial charge on any atom is 0.255 e. The van der Waals surface area contributed by atoms with E-state index in [4.69, 9.17) is 16.1 Å². The molecule has 2 aromatic carbocycles.